The molecule has 2 rings (SSSR count). The van der Waals surface area contributed by atoms with E-state index in [1.165, 1.54) is 10.6 Å². The van der Waals surface area contributed by atoms with Gasteiger partial charge in [0.1, 0.15) is 5.82 Å². The van der Waals surface area contributed by atoms with Crippen LogP contribution in [0.3, 0.4) is 0 Å². The SMILES string of the molecule is CN1CC(n2c(N)cc(=O)[nH]c2=O)C1. The van der Waals surface area contributed by atoms with Gasteiger partial charge < -0.3 is 10.6 Å². The number of aromatic nitrogens is 2. The number of anilines is 1. The second kappa shape index (κ2) is 2.98. The number of hydrogen-bond acceptors (Lipinski definition) is 4. The van der Waals surface area contributed by atoms with Crippen LogP contribution in [0.1, 0.15) is 6.04 Å². The van der Waals surface area contributed by atoms with Crippen LogP contribution in [0.4, 0.5) is 5.82 Å². The van der Waals surface area contributed by atoms with Crippen LogP contribution in [0.25, 0.3) is 0 Å². The summed E-state index contributed by atoms with van der Waals surface area (Å²) in [5.74, 6) is 0.233. The molecule has 1 aromatic rings. The second-order valence-electron chi connectivity index (χ2n) is 3.61. The molecule has 0 bridgehead atoms. The van der Waals surface area contributed by atoms with E-state index in [-0.39, 0.29) is 11.9 Å². The summed E-state index contributed by atoms with van der Waals surface area (Å²) < 4.78 is 1.43. The van der Waals surface area contributed by atoms with Crippen LogP contribution in [0.5, 0.6) is 0 Å². The van der Waals surface area contributed by atoms with Gasteiger partial charge in [0.15, 0.2) is 0 Å². The molecule has 0 atom stereocenters. The number of likely N-dealkylation sites (tertiary alicyclic amines) is 1. The van der Waals surface area contributed by atoms with Gasteiger partial charge in [-0.15, -0.1) is 0 Å². The number of H-pyrrole nitrogens is 1. The molecule has 1 saturated heterocycles. The maximum atomic E-state index is 11.4. The Morgan fingerprint density at radius 1 is 1.50 bits per heavy atom. The molecule has 2 heterocycles. The van der Waals surface area contributed by atoms with Gasteiger partial charge in [0.25, 0.3) is 5.56 Å². The zero-order valence-corrected chi connectivity index (χ0v) is 7.86. The molecule has 0 spiro atoms. The highest BCUT2D eigenvalue weighted by Crippen LogP contribution is 2.18. The Balaban J connectivity index is 2.43. The summed E-state index contributed by atoms with van der Waals surface area (Å²) in [6.45, 7) is 1.58. The number of nitrogens with zero attached hydrogens (tertiary/aromatic N) is 2. The Labute approximate surface area is 80.0 Å². The molecule has 0 amide bonds. The summed E-state index contributed by atoms with van der Waals surface area (Å²) in [4.78, 5) is 26.6. The molecule has 0 saturated carbocycles. The van der Waals surface area contributed by atoms with Crippen molar-refractivity contribution < 1.29 is 0 Å². The topological polar surface area (TPSA) is 84.1 Å². The van der Waals surface area contributed by atoms with E-state index < -0.39 is 11.2 Å². The van der Waals surface area contributed by atoms with Gasteiger partial charge in [-0.2, -0.15) is 0 Å². The van der Waals surface area contributed by atoms with Crippen molar-refractivity contribution in [2.75, 3.05) is 25.9 Å². The molecular weight excluding hydrogens is 184 g/mol. The number of rotatable bonds is 1. The van der Waals surface area contributed by atoms with E-state index in [4.69, 9.17) is 5.73 Å². The molecule has 0 aromatic carbocycles. The number of hydrogen-bond donors (Lipinski definition) is 2. The predicted octanol–water partition coefficient (Wildman–Crippen LogP) is -1.39. The lowest BCUT2D eigenvalue weighted by molar-refractivity contribution is 0.138. The first-order valence-corrected chi connectivity index (χ1v) is 4.38. The summed E-state index contributed by atoms with van der Waals surface area (Å²) in [5, 5.41) is 0. The van der Waals surface area contributed by atoms with E-state index in [9.17, 15) is 9.59 Å². The third-order valence-corrected chi connectivity index (χ3v) is 2.42. The lowest BCUT2D eigenvalue weighted by Crippen LogP contribution is -2.49. The van der Waals surface area contributed by atoms with Crippen LogP contribution in [0.15, 0.2) is 15.7 Å². The molecule has 6 nitrogen and oxygen atoms in total. The zero-order valence-electron chi connectivity index (χ0n) is 7.86. The van der Waals surface area contributed by atoms with Gasteiger partial charge in [0, 0.05) is 19.2 Å². The quantitative estimate of drug-likeness (QED) is 0.579. The maximum absolute atomic E-state index is 11.4. The van der Waals surface area contributed by atoms with E-state index in [0.717, 1.165) is 13.1 Å². The van der Waals surface area contributed by atoms with Crippen molar-refractivity contribution in [1.29, 1.82) is 0 Å². The van der Waals surface area contributed by atoms with Gasteiger partial charge >= 0.3 is 5.69 Å². The Morgan fingerprint density at radius 3 is 2.64 bits per heavy atom. The molecule has 76 valence electrons. The summed E-state index contributed by atoms with van der Waals surface area (Å²) in [7, 11) is 1.96. The summed E-state index contributed by atoms with van der Waals surface area (Å²) in [5.41, 5.74) is 4.73. The van der Waals surface area contributed by atoms with E-state index in [1.807, 2.05) is 7.05 Å². The smallest absolute Gasteiger partial charge is 0.330 e. The van der Waals surface area contributed by atoms with Gasteiger partial charge in [-0.05, 0) is 7.05 Å². The van der Waals surface area contributed by atoms with Crippen molar-refractivity contribution in [3.63, 3.8) is 0 Å². The predicted molar refractivity (Wildman–Crippen MR) is 52.3 cm³/mol. The third kappa shape index (κ3) is 1.33. The highest BCUT2D eigenvalue weighted by Gasteiger charge is 2.27. The Kier molecular flexibility index (Phi) is 1.92. The number of nitrogens with two attached hydrogens (primary N) is 1. The fraction of sp³-hybridized carbons (Fsp3) is 0.500. The Hall–Kier alpha value is -1.56. The van der Waals surface area contributed by atoms with Crippen LogP contribution in [0.2, 0.25) is 0 Å². The molecule has 6 heteroatoms. The van der Waals surface area contributed by atoms with Crippen LogP contribution >= 0.6 is 0 Å². The first-order chi connectivity index (χ1) is 6.58. The molecule has 1 aliphatic heterocycles. The fourth-order valence-corrected chi connectivity index (χ4v) is 1.73. The number of likely N-dealkylation sites (N-methyl/N-ethyl adjacent to an activating group) is 1. The summed E-state index contributed by atoms with van der Waals surface area (Å²) in [6.07, 6.45) is 0. The normalized spacial score (nSPS) is 18.1. The first-order valence-electron chi connectivity index (χ1n) is 4.38. The third-order valence-electron chi connectivity index (χ3n) is 2.42. The molecule has 0 aliphatic carbocycles. The molecule has 0 unspecified atom stereocenters. The average Bonchev–Trinajstić information content (AvgIpc) is 1.99. The number of nitrogen functional groups attached to an aromatic ring is 1. The fourth-order valence-electron chi connectivity index (χ4n) is 1.73. The van der Waals surface area contributed by atoms with Gasteiger partial charge in [-0.1, -0.05) is 0 Å². The van der Waals surface area contributed by atoms with Crippen molar-refractivity contribution in [2.24, 2.45) is 0 Å². The minimum atomic E-state index is -0.448. The van der Waals surface area contributed by atoms with E-state index >= 15 is 0 Å². The second-order valence-corrected chi connectivity index (χ2v) is 3.61. The Morgan fingerprint density at radius 2 is 2.14 bits per heavy atom. The van der Waals surface area contributed by atoms with Crippen molar-refractivity contribution >= 4 is 5.82 Å². The monoisotopic (exact) mass is 196 g/mol. The molecule has 1 fully saturated rings. The zero-order chi connectivity index (χ0) is 10.3. The minimum Gasteiger partial charge on any atom is -0.385 e. The van der Waals surface area contributed by atoms with Crippen molar-refractivity contribution in [1.82, 2.24) is 14.5 Å². The lowest BCUT2D eigenvalue weighted by Gasteiger charge is -2.37. The Bertz CT molecular complexity index is 455. The molecule has 1 aliphatic rings. The maximum Gasteiger partial charge on any atom is 0.330 e. The van der Waals surface area contributed by atoms with Crippen LogP contribution in [-0.4, -0.2) is 34.6 Å². The number of nitrogens with one attached hydrogen (secondary N) is 1. The lowest BCUT2D eigenvalue weighted by atomic mass is 10.1. The molecular formula is C8H12N4O2. The molecule has 3 N–H and O–H groups in total. The van der Waals surface area contributed by atoms with E-state index in [0.29, 0.717) is 0 Å². The molecule has 1 aromatic heterocycles. The molecule has 14 heavy (non-hydrogen) atoms. The van der Waals surface area contributed by atoms with Crippen molar-refractivity contribution in [2.45, 2.75) is 6.04 Å². The van der Waals surface area contributed by atoms with Gasteiger partial charge in [0.2, 0.25) is 0 Å². The van der Waals surface area contributed by atoms with Gasteiger partial charge in [-0.3, -0.25) is 14.3 Å². The standard InChI is InChI=1S/C8H12N4O2/c1-11-3-5(4-11)12-6(9)2-7(13)10-8(12)14/h2,5H,3-4,9H2,1H3,(H,10,13,14). The van der Waals surface area contributed by atoms with Crippen molar-refractivity contribution in [3.05, 3.63) is 26.9 Å². The summed E-state index contributed by atoms with van der Waals surface area (Å²) in [6, 6.07) is 1.32. The van der Waals surface area contributed by atoms with Crippen LogP contribution in [0, 0.1) is 0 Å². The van der Waals surface area contributed by atoms with E-state index in [2.05, 4.69) is 9.88 Å². The highest BCUT2D eigenvalue weighted by molar-refractivity contribution is 5.27. The van der Waals surface area contributed by atoms with E-state index in [1.54, 1.807) is 0 Å². The van der Waals surface area contributed by atoms with Crippen LogP contribution < -0.4 is 17.0 Å². The average molecular weight is 196 g/mol. The van der Waals surface area contributed by atoms with Crippen LogP contribution in [-0.2, 0) is 0 Å². The van der Waals surface area contributed by atoms with Gasteiger partial charge in [0.05, 0.1) is 6.04 Å². The van der Waals surface area contributed by atoms with Crippen molar-refractivity contribution in [3.8, 4) is 0 Å². The first kappa shape index (κ1) is 9.01. The van der Waals surface area contributed by atoms with Gasteiger partial charge in [-0.25, -0.2) is 4.79 Å². The molecule has 0 radical (unpaired) electrons. The highest BCUT2D eigenvalue weighted by atomic mass is 16.2. The summed E-state index contributed by atoms with van der Waals surface area (Å²) >= 11 is 0. The number of aromatic amines is 1. The minimum absolute atomic E-state index is 0.0874. The largest absolute Gasteiger partial charge is 0.385 e.